The third-order valence-electron chi connectivity index (χ3n) is 6.94. The van der Waals surface area contributed by atoms with Gasteiger partial charge in [-0.25, -0.2) is 0 Å². The minimum Gasteiger partial charge on any atom is -0.508 e. The van der Waals surface area contributed by atoms with Gasteiger partial charge in [0, 0.05) is 31.7 Å². The molecule has 190 valence electrons. The third kappa shape index (κ3) is 6.25. The zero-order chi connectivity index (χ0) is 25.7. The second-order valence-electron chi connectivity index (χ2n) is 9.69. The summed E-state index contributed by atoms with van der Waals surface area (Å²) in [6, 6.07) is 17.6. The molecule has 6 heteroatoms. The lowest BCUT2D eigenvalue weighted by Gasteiger charge is -2.29. The summed E-state index contributed by atoms with van der Waals surface area (Å²) in [5, 5.41) is 12.8. The maximum absolute atomic E-state index is 12.9. The number of carbonyl (C=O) groups is 1. The van der Waals surface area contributed by atoms with Gasteiger partial charge in [-0.15, -0.1) is 0 Å². The Morgan fingerprint density at radius 1 is 1.11 bits per heavy atom. The van der Waals surface area contributed by atoms with Gasteiger partial charge in [0.1, 0.15) is 11.5 Å². The van der Waals surface area contributed by atoms with E-state index in [2.05, 4.69) is 46.6 Å². The van der Waals surface area contributed by atoms with Crippen molar-refractivity contribution < 1.29 is 14.6 Å². The molecule has 6 nitrogen and oxygen atoms in total. The minimum absolute atomic E-state index is 0.206. The van der Waals surface area contributed by atoms with Crippen LogP contribution < -0.4 is 15.8 Å². The number of nitrogens with one attached hydrogen (secondary N) is 1. The van der Waals surface area contributed by atoms with Crippen LogP contribution in [0.1, 0.15) is 45.9 Å². The van der Waals surface area contributed by atoms with Crippen LogP contribution in [0.5, 0.6) is 11.5 Å². The highest BCUT2D eigenvalue weighted by Crippen LogP contribution is 2.25. The molecule has 0 unspecified atom stereocenters. The van der Waals surface area contributed by atoms with Crippen molar-refractivity contribution in [1.29, 1.82) is 0 Å². The molecule has 3 aromatic carbocycles. The molecule has 0 spiro atoms. The summed E-state index contributed by atoms with van der Waals surface area (Å²) in [4.78, 5) is 15.3. The Labute approximate surface area is 214 Å². The summed E-state index contributed by atoms with van der Waals surface area (Å²) >= 11 is 0. The molecule has 0 aromatic heterocycles. The van der Waals surface area contributed by atoms with Crippen molar-refractivity contribution >= 4 is 5.91 Å². The Balaban J connectivity index is 1.41. The van der Waals surface area contributed by atoms with Gasteiger partial charge in [0.15, 0.2) is 0 Å². The number of nitrogens with zero attached hydrogens (tertiary/aromatic N) is 1. The second kappa shape index (κ2) is 11.6. The van der Waals surface area contributed by atoms with E-state index in [1.165, 1.54) is 16.7 Å². The Morgan fingerprint density at radius 2 is 1.83 bits per heavy atom. The number of fused-ring (bicyclic) bond motifs is 1. The number of ether oxygens (including phenoxy) is 1. The highest BCUT2D eigenvalue weighted by Gasteiger charge is 2.19. The van der Waals surface area contributed by atoms with Crippen molar-refractivity contribution in [1.82, 2.24) is 10.2 Å². The van der Waals surface area contributed by atoms with Crippen LogP contribution >= 0.6 is 0 Å². The first-order valence-electron chi connectivity index (χ1n) is 12.7. The molecular weight excluding hydrogens is 450 g/mol. The predicted octanol–water partition coefficient (Wildman–Crippen LogP) is 4.15. The number of hydrogen-bond acceptors (Lipinski definition) is 5. The van der Waals surface area contributed by atoms with Gasteiger partial charge in [-0.3, -0.25) is 9.69 Å². The van der Waals surface area contributed by atoms with Crippen molar-refractivity contribution in [2.24, 2.45) is 5.73 Å². The van der Waals surface area contributed by atoms with Crippen molar-refractivity contribution in [3.63, 3.8) is 0 Å². The third-order valence-corrected chi connectivity index (χ3v) is 6.94. The predicted molar refractivity (Wildman–Crippen MR) is 143 cm³/mol. The van der Waals surface area contributed by atoms with Crippen LogP contribution in [0.2, 0.25) is 0 Å². The molecule has 1 aliphatic rings. The van der Waals surface area contributed by atoms with Crippen LogP contribution in [-0.2, 0) is 37.3 Å². The molecule has 1 atom stereocenters. The van der Waals surface area contributed by atoms with Gasteiger partial charge in [0.05, 0.1) is 12.6 Å². The van der Waals surface area contributed by atoms with E-state index in [9.17, 15) is 9.90 Å². The van der Waals surface area contributed by atoms with E-state index >= 15 is 0 Å². The molecule has 0 fully saturated rings. The number of phenols is 1. The molecule has 0 bridgehead atoms. The number of hydrogen-bond donors (Lipinski definition) is 3. The fraction of sp³-hybridized carbons (Fsp3) is 0.367. The Morgan fingerprint density at radius 3 is 2.56 bits per heavy atom. The Hall–Kier alpha value is -3.35. The number of nitrogens with two attached hydrogens (primary N) is 1. The van der Waals surface area contributed by atoms with Gasteiger partial charge < -0.3 is 20.9 Å². The highest BCUT2D eigenvalue weighted by molar-refractivity contribution is 5.82. The summed E-state index contributed by atoms with van der Waals surface area (Å²) in [7, 11) is 0. The molecule has 0 radical (unpaired) electrons. The normalized spacial score (nSPS) is 14.2. The first-order valence-corrected chi connectivity index (χ1v) is 12.7. The first-order chi connectivity index (χ1) is 17.3. The molecule has 0 saturated carbocycles. The Bertz CT molecular complexity index is 1200. The van der Waals surface area contributed by atoms with Crippen LogP contribution in [0.4, 0.5) is 0 Å². The lowest BCUT2D eigenvalue weighted by atomic mass is 9.96. The smallest absolute Gasteiger partial charge is 0.237 e. The van der Waals surface area contributed by atoms with Gasteiger partial charge >= 0.3 is 0 Å². The quantitative estimate of drug-likeness (QED) is 0.422. The number of rotatable bonds is 9. The van der Waals surface area contributed by atoms with Crippen LogP contribution in [-0.4, -0.2) is 35.1 Å². The number of amides is 1. The first kappa shape index (κ1) is 25.7. The highest BCUT2D eigenvalue weighted by atomic mass is 16.5. The maximum Gasteiger partial charge on any atom is 0.237 e. The number of carbonyl (C=O) groups excluding carboxylic acids is 1. The zero-order valence-electron chi connectivity index (χ0n) is 21.5. The molecule has 0 aliphatic carbocycles. The zero-order valence-corrected chi connectivity index (χ0v) is 21.5. The molecule has 1 aliphatic heterocycles. The fourth-order valence-corrected chi connectivity index (χ4v) is 5.03. The Kier molecular flexibility index (Phi) is 8.28. The van der Waals surface area contributed by atoms with Gasteiger partial charge in [0.2, 0.25) is 5.91 Å². The van der Waals surface area contributed by atoms with Crippen molar-refractivity contribution in [2.75, 3.05) is 13.2 Å². The molecule has 0 saturated heterocycles. The fourth-order valence-electron chi connectivity index (χ4n) is 5.03. The average molecular weight is 488 g/mol. The maximum atomic E-state index is 12.9. The van der Waals surface area contributed by atoms with Crippen molar-refractivity contribution in [3.8, 4) is 11.5 Å². The van der Waals surface area contributed by atoms with E-state index < -0.39 is 6.04 Å². The van der Waals surface area contributed by atoms with Gasteiger partial charge in [-0.2, -0.15) is 0 Å². The molecule has 3 aromatic rings. The summed E-state index contributed by atoms with van der Waals surface area (Å²) in [5.41, 5.74) is 14.1. The average Bonchev–Trinajstić information content (AvgIpc) is 2.86. The van der Waals surface area contributed by atoms with Crippen molar-refractivity contribution in [3.05, 3.63) is 93.5 Å². The number of aromatic hydroxyl groups is 1. The number of benzene rings is 3. The van der Waals surface area contributed by atoms with Crippen LogP contribution in [0.3, 0.4) is 0 Å². The van der Waals surface area contributed by atoms with E-state index in [0.717, 1.165) is 54.1 Å². The molecule has 4 N–H and O–H groups in total. The molecule has 36 heavy (non-hydrogen) atoms. The monoisotopic (exact) mass is 487 g/mol. The van der Waals surface area contributed by atoms with Crippen LogP contribution in [0.15, 0.2) is 54.6 Å². The summed E-state index contributed by atoms with van der Waals surface area (Å²) in [5.74, 6) is 0.801. The number of aryl methyl sites for hydroxylation is 2. The largest absolute Gasteiger partial charge is 0.508 e. The van der Waals surface area contributed by atoms with Gasteiger partial charge in [0.25, 0.3) is 0 Å². The van der Waals surface area contributed by atoms with E-state index in [-0.39, 0.29) is 11.7 Å². The van der Waals surface area contributed by atoms with E-state index in [1.54, 1.807) is 12.1 Å². The lowest BCUT2D eigenvalue weighted by molar-refractivity contribution is -0.122. The van der Waals surface area contributed by atoms with Crippen LogP contribution in [0.25, 0.3) is 0 Å². The molecule has 1 amide bonds. The SMILES string of the molecule is CCOc1ccc(CN2CCc3ccccc3C2)cc1CNC(=O)[C@@H](N)Cc1c(C)cc(O)cc1C. The van der Waals surface area contributed by atoms with E-state index in [4.69, 9.17) is 10.5 Å². The van der Waals surface area contributed by atoms with E-state index in [0.29, 0.717) is 19.6 Å². The molecule has 1 heterocycles. The molecular formula is C30H37N3O3. The topological polar surface area (TPSA) is 87.8 Å². The second-order valence-corrected chi connectivity index (χ2v) is 9.69. The van der Waals surface area contributed by atoms with E-state index in [1.807, 2.05) is 26.8 Å². The summed E-state index contributed by atoms with van der Waals surface area (Å²) in [6.07, 6.45) is 1.48. The van der Waals surface area contributed by atoms with Gasteiger partial charge in [-0.1, -0.05) is 30.3 Å². The minimum atomic E-state index is -0.681. The summed E-state index contributed by atoms with van der Waals surface area (Å²) < 4.78 is 5.84. The van der Waals surface area contributed by atoms with Gasteiger partial charge in [-0.05, 0) is 91.3 Å². The standard InChI is InChI=1S/C30H37N3O3/c1-4-36-29-10-9-22(18-33-12-11-23-7-5-6-8-24(23)19-33)15-25(29)17-32-30(35)28(31)16-27-20(2)13-26(34)14-21(27)3/h5-10,13-15,28,34H,4,11-12,16-19,31H2,1-3H3,(H,32,35)/t28-/m0/s1. The lowest BCUT2D eigenvalue weighted by Crippen LogP contribution is -2.42. The molecule has 4 rings (SSSR count). The van der Waals surface area contributed by atoms with Crippen LogP contribution in [0, 0.1) is 13.8 Å². The summed E-state index contributed by atoms with van der Waals surface area (Å²) in [6.45, 7) is 9.54. The van der Waals surface area contributed by atoms with Crippen molar-refractivity contribution in [2.45, 2.75) is 59.3 Å². The number of phenolic OH excluding ortho intramolecular Hbond substituents is 1.